The van der Waals surface area contributed by atoms with Crippen molar-refractivity contribution in [3.05, 3.63) is 24.3 Å². The number of urea groups is 1. The van der Waals surface area contributed by atoms with Gasteiger partial charge in [-0.3, -0.25) is 0 Å². The maximum atomic E-state index is 11.9. The molecule has 0 aliphatic heterocycles. The van der Waals surface area contributed by atoms with Crippen LogP contribution in [0.15, 0.2) is 29.2 Å². The van der Waals surface area contributed by atoms with E-state index in [2.05, 4.69) is 15.4 Å². The first-order chi connectivity index (χ1) is 9.31. The van der Waals surface area contributed by atoms with E-state index in [1.807, 2.05) is 0 Å². The number of anilines is 1. The molecule has 0 fully saturated rings. The summed E-state index contributed by atoms with van der Waals surface area (Å²) >= 11 is 0. The molecule has 0 heterocycles. The number of rotatable bonds is 7. The van der Waals surface area contributed by atoms with Crippen LogP contribution < -0.4 is 21.1 Å². The number of sulfonamides is 1. The second-order valence-electron chi connectivity index (χ2n) is 4.52. The molecule has 8 heteroatoms. The van der Waals surface area contributed by atoms with E-state index in [4.69, 9.17) is 5.73 Å². The first-order valence-electron chi connectivity index (χ1n) is 6.21. The summed E-state index contributed by atoms with van der Waals surface area (Å²) < 4.78 is 26.3. The Morgan fingerprint density at radius 2 is 1.80 bits per heavy atom. The van der Waals surface area contributed by atoms with E-state index in [0.717, 1.165) is 5.69 Å². The van der Waals surface area contributed by atoms with Crippen molar-refractivity contribution in [3.63, 3.8) is 0 Å². The Bertz CT molecular complexity index is 540. The number of nitrogens with one attached hydrogen (secondary N) is 3. The third-order valence-corrected chi connectivity index (χ3v) is 3.98. The van der Waals surface area contributed by atoms with Gasteiger partial charge in [0.1, 0.15) is 0 Å². The van der Waals surface area contributed by atoms with Crippen molar-refractivity contribution < 1.29 is 13.2 Å². The van der Waals surface area contributed by atoms with Gasteiger partial charge in [-0.25, -0.2) is 17.9 Å². The number of nitrogens with two attached hydrogens (primary N) is 1. The number of amides is 2. The fourth-order valence-corrected chi connectivity index (χ4v) is 2.77. The van der Waals surface area contributed by atoms with E-state index >= 15 is 0 Å². The second-order valence-corrected chi connectivity index (χ2v) is 6.23. The van der Waals surface area contributed by atoms with Gasteiger partial charge < -0.3 is 16.4 Å². The lowest BCUT2D eigenvalue weighted by molar-refractivity contribution is 0.249. The van der Waals surface area contributed by atoms with Crippen molar-refractivity contribution >= 4 is 21.7 Å². The largest absolute Gasteiger partial charge is 0.383 e. The van der Waals surface area contributed by atoms with E-state index in [1.165, 1.54) is 12.1 Å². The summed E-state index contributed by atoms with van der Waals surface area (Å²) in [5, 5.41) is 5.48. The van der Waals surface area contributed by atoms with Gasteiger partial charge in [-0.1, -0.05) is 0 Å². The second kappa shape index (κ2) is 7.11. The van der Waals surface area contributed by atoms with Crippen molar-refractivity contribution in [1.29, 1.82) is 0 Å². The predicted molar refractivity (Wildman–Crippen MR) is 78.0 cm³/mol. The summed E-state index contributed by atoms with van der Waals surface area (Å²) in [5.41, 5.74) is 5.69. The van der Waals surface area contributed by atoms with Gasteiger partial charge in [0.15, 0.2) is 0 Å². The van der Waals surface area contributed by atoms with Crippen molar-refractivity contribution in [2.45, 2.75) is 24.8 Å². The Hall–Kier alpha value is -1.80. The Labute approximate surface area is 119 Å². The third kappa shape index (κ3) is 5.45. The zero-order valence-corrected chi connectivity index (χ0v) is 12.3. The molecule has 5 N–H and O–H groups in total. The molecule has 112 valence electrons. The monoisotopic (exact) mass is 300 g/mol. The SMILES string of the molecule is CC(C)NS(=O)(=O)c1ccc(NCCNC(N)=O)cc1. The summed E-state index contributed by atoms with van der Waals surface area (Å²) in [4.78, 5) is 10.7. The van der Waals surface area contributed by atoms with Crippen LogP contribution in [0.25, 0.3) is 0 Å². The number of hydrogen-bond donors (Lipinski definition) is 4. The molecule has 1 rings (SSSR count). The molecule has 1 aromatic rings. The fraction of sp³-hybridized carbons (Fsp3) is 0.417. The summed E-state index contributed by atoms with van der Waals surface area (Å²) in [6.45, 7) is 4.42. The van der Waals surface area contributed by atoms with Crippen LogP contribution in [-0.4, -0.2) is 33.6 Å². The van der Waals surface area contributed by atoms with Crippen LogP contribution in [0.4, 0.5) is 10.5 Å². The van der Waals surface area contributed by atoms with E-state index < -0.39 is 16.1 Å². The lowest BCUT2D eigenvalue weighted by Crippen LogP contribution is -2.33. The average Bonchev–Trinajstić information content (AvgIpc) is 2.33. The predicted octanol–water partition coefficient (Wildman–Crippen LogP) is 0.454. The number of benzene rings is 1. The van der Waals surface area contributed by atoms with Crippen LogP contribution in [0.2, 0.25) is 0 Å². The molecule has 0 saturated carbocycles. The number of carbonyl (C=O) groups is 1. The lowest BCUT2D eigenvalue weighted by atomic mass is 10.3. The summed E-state index contributed by atoms with van der Waals surface area (Å²) in [6.07, 6.45) is 0. The molecule has 0 atom stereocenters. The molecule has 0 saturated heterocycles. The minimum atomic E-state index is -3.46. The number of carbonyl (C=O) groups excluding carboxylic acids is 1. The molecule has 0 spiro atoms. The normalized spacial score (nSPS) is 11.3. The minimum Gasteiger partial charge on any atom is -0.383 e. The molecular formula is C12H20N4O3S. The molecule has 0 bridgehead atoms. The first kappa shape index (κ1) is 16.3. The van der Waals surface area contributed by atoms with Crippen molar-refractivity contribution in [1.82, 2.24) is 10.0 Å². The topological polar surface area (TPSA) is 113 Å². The van der Waals surface area contributed by atoms with Gasteiger partial charge in [0.25, 0.3) is 0 Å². The lowest BCUT2D eigenvalue weighted by Gasteiger charge is -2.11. The van der Waals surface area contributed by atoms with Crippen LogP contribution in [-0.2, 0) is 10.0 Å². The Morgan fingerprint density at radius 1 is 1.20 bits per heavy atom. The summed E-state index contributed by atoms with van der Waals surface area (Å²) in [7, 11) is -3.46. The number of hydrogen-bond acceptors (Lipinski definition) is 4. The van der Waals surface area contributed by atoms with Gasteiger partial charge in [0.05, 0.1) is 4.90 Å². The zero-order chi connectivity index (χ0) is 15.2. The third-order valence-electron chi connectivity index (χ3n) is 2.31. The van der Waals surface area contributed by atoms with Gasteiger partial charge in [0.2, 0.25) is 10.0 Å². The highest BCUT2D eigenvalue weighted by Crippen LogP contribution is 2.14. The van der Waals surface area contributed by atoms with E-state index in [-0.39, 0.29) is 10.9 Å². The molecule has 2 amide bonds. The van der Waals surface area contributed by atoms with Gasteiger partial charge in [-0.15, -0.1) is 0 Å². The minimum absolute atomic E-state index is 0.155. The highest BCUT2D eigenvalue weighted by Gasteiger charge is 2.14. The van der Waals surface area contributed by atoms with Gasteiger partial charge in [-0.05, 0) is 38.1 Å². The molecule has 0 aliphatic carbocycles. The van der Waals surface area contributed by atoms with Crippen molar-refractivity contribution in [3.8, 4) is 0 Å². The van der Waals surface area contributed by atoms with Crippen LogP contribution >= 0.6 is 0 Å². The fourth-order valence-electron chi connectivity index (χ4n) is 1.52. The maximum Gasteiger partial charge on any atom is 0.312 e. The number of primary amides is 1. The van der Waals surface area contributed by atoms with Crippen molar-refractivity contribution in [2.24, 2.45) is 5.73 Å². The smallest absolute Gasteiger partial charge is 0.312 e. The summed E-state index contributed by atoms with van der Waals surface area (Å²) in [5.74, 6) is 0. The van der Waals surface area contributed by atoms with Crippen LogP contribution in [0.1, 0.15) is 13.8 Å². The average molecular weight is 300 g/mol. The molecule has 0 aliphatic rings. The first-order valence-corrected chi connectivity index (χ1v) is 7.69. The molecule has 20 heavy (non-hydrogen) atoms. The summed E-state index contributed by atoms with van der Waals surface area (Å²) in [6, 6.07) is 5.65. The van der Waals surface area contributed by atoms with Crippen LogP contribution in [0, 0.1) is 0 Å². The molecule has 0 radical (unpaired) electrons. The highest BCUT2D eigenvalue weighted by molar-refractivity contribution is 7.89. The molecule has 0 aromatic heterocycles. The molecular weight excluding hydrogens is 280 g/mol. The van der Waals surface area contributed by atoms with Crippen molar-refractivity contribution in [2.75, 3.05) is 18.4 Å². The molecule has 1 aromatic carbocycles. The maximum absolute atomic E-state index is 11.9. The Balaban J connectivity index is 2.58. The van der Waals surface area contributed by atoms with Gasteiger partial charge in [0, 0.05) is 24.8 Å². The van der Waals surface area contributed by atoms with E-state index in [9.17, 15) is 13.2 Å². The highest BCUT2D eigenvalue weighted by atomic mass is 32.2. The van der Waals surface area contributed by atoms with E-state index in [0.29, 0.717) is 13.1 Å². The van der Waals surface area contributed by atoms with Crippen LogP contribution in [0.3, 0.4) is 0 Å². The van der Waals surface area contributed by atoms with Crippen LogP contribution in [0.5, 0.6) is 0 Å². The molecule has 0 unspecified atom stereocenters. The van der Waals surface area contributed by atoms with Gasteiger partial charge in [-0.2, -0.15) is 0 Å². The Morgan fingerprint density at radius 3 is 2.30 bits per heavy atom. The quantitative estimate of drug-likeness (QED) is 0.548. The standard InChI is InChI=1S/C12H20N4O3S/c1-9(2)16-20(18,19)11-5-3-10(4-6-11)14-7-8-15-12(13)17/h3-6,9,14,16H,7-8H2,1-2H3,(H3,13,15,17). The molecule has 7 nitrogen and oxygen atoms in total. The Kier molecular flexibility index (Phi) is 5.78. The van der Waals surface area contributed by atoms with Gasteiger partial charge >= 0.3 is 6.03 Å². The van der Waals surface area contributed by atoms with E-state index in [1.54, 1.807) is 26.0 Å². The zero-order valence-electron chi connectivity index (χ0n) is 11.5.